The summed E-state index contributed by atoms with van der Waals surface area (Å²) in [5.41, 5.74) is 3.27. The molecule has 5 heteroatoms. The van der Waals surface area contributed by atoms with Crippen molar-refractivity contribution in [3.63, 3.8) is 0 Å². The third kappa shape index (κ3) is 2.20. The smallest absolute Gasteiger partial charge is 0.175 e. The van der Waals surface area contributed by atoms with Gasteiger partial charge in [-0.15, -0.1) is 0 Å². The van der Waals surface area contributed by atoms with Crippen molar-refractivity contribution in [2.75, 3.05) is 7.11 Å². The maximum Gasteiger partial charge on any atom is 0.175 e. The largest absolute Gasteiger partial charge is 0.497 e. The molecule has 2 aromatic heterocycles. The first kappa shape index (κ1) is 12.2. The zero-order valence-electron chi connectivity index (χ0n) is 11.8. The van der Waals surface area contributed by atoms with E-state index in [1.807, 2.05) is 35.0 Å². The zero-order valence-corrected chi connectivity index (χ0v) is 11.8. The highest BCUT2D eigenvalue weighted by Gasteiger charge is 2.26. The number of H-pyrrole nitrogens is 1. The third-order valence-electron chi connectivity index (χ3n) is 3.83. The second-order valence-corrected chi connectivity index (χ2v) is 5.32. The Labute approximate surface area is 122 Å². The Morgan fingerprint density at radius 2 is 2.14 bits per heavy atom. The van der Waals surface area contributed by atoms with E-state index in [2.05, 4.69) is 21.4 Å². The van der Waals surface area contributed by atoms with E-state index in [1.165, 1.54) is 18.5 Å². The van der Waals surface area contributed by atoms with Crippen molar-refractivity contribution >= 4 is 0 Å². The summed E-state index contributed by atoms with van der Waals surface area (Å²) >= 11 is 0. The Bertz CT molecular complexity index is 770. The van der Waals surface area contributed by atoms with E-state index >= 15 is 0 Å². The topological polar surface area (TPSA) is 55.7 Å². The minimum atomic E-state index is 0.655. The van der Waals surface area contributed by atoms with Crippen molar-refractivity contribution in [2.24, 2.45) is 0 Å². The molecule has 2 heterocycles. The van der Waals surface area contributed by atoms with Gasteiger partial charge in [0.15, 0.2) is 5.82 Å². The lowest BCUT2D eigenvalue weighted by Crippen LogP contribution is -1.99. The molecule has 5 nitrogen and oxygen atoms in total. The summed E-state index contributed by atoms with van der Waals surface area (Å²) in [5.74, 6) is 2.32. The summed E-state index contributed by atoms with van der Waals surface area (Å²) < 4.78 is 7.15. The van der Waals surface area contributed by atoms with Gasteiger partial charge in [0.05, 0.1) is 19.0 Å². The molecule has 1 N–H and O–H groups in total. The average molecular weight is 280 g/mol. The van der Waals surface area contributed by atoms with Gasteiger partial charge in [0.1, 0.15) is 5.75 Å². The van der Waals surface area contributed by atoms with Crippen LogP contribution in [-0.4, -0.2) is 27.1 Å². The fraction of sp³-hybridized carbons (Fsp3) is 0.250. The molecule has 0 aliphatic heterocycles. The molecule has 0 unspecified atom stereocenters. The molecule has 0 amide bonds. The zero-order chi connectivity index (χ0) is 14.2. The molecule has 0 spiro atoms. The molecule has 3 aromatic rings. The summed E-state index contributed by atoms with van der Waals surface area (Å²) in [6, 6.07) is 12.0. The van der Waals surface area contributed by atoms with Crippen LogP contribution < -0.4 is 4.74 Å². The summed E-state index contributed by atoms with van der Waals surface area (Å²) in [6.07, 6.45) is 4.30. The number of aromatic nitrogens is 4. The number of methoxy groups -OCH3 is 1. The summed E-state index contributed by atoms with van der Waals surface area (Å²) in [5, 5.41) is 11.9. The Balaban J connectivity index is 1.74. The first-order valence-electron chi connectivity index (χ1n) is 7.09. The van der Waals surface area contributed by atoms with E-state index in [4.69, 9.17) is 4.74 Å². The van der Waals surface area contributed by atoms with Gasteiger partial charge in [-0.1, -0.05) is 12.1 Å². The fourth-order valence-corrected chi connectivity index (χ4v) is 2.52. The Kier molecular flexibility index (Phi) is 2.77. The van der Waals surface area contributed by atoms with Crippen molar-refractivity contribution in [3.05, 3.63) is 48.3 Å². The Morgan fingerprint density at radius 3 is 2.95 bits per heavy atom. The van der Waals surface area contributed by atoms with Crippen molar-refractivity contribution < 1.29 is 4.74 Å². The SMILES string of the molecule is COc1cccc(-c2ccnn2-c2cc(C3CC3)[nH]n2)c1. The number of benzene rings is 1. The predicted octanol–water partition coefficient (Wildman–Crippen LogP) is 3.15. The van der Waals surface area contributed by atoms with Gasteiger partial charge in [-0.2, -0.15) is 10.2 Å². The Hall–Kier alpha value is -2.56. The first-order chi connectivity index (χ1) is 10.3. The molecule has 1 aliphatic rings. The molecule has 1 saturated carbocycles. The summed E-state index contributed by atoms with van der Waals surface area (Å²) in [4.78, 5) is 0. The third-order valence-corrected chi connectivity index (χ3v) is 3.83. The number of hydrogen-bond acceptors (Lipinski definition) is 3. The van der Waals surface area contributed by atoms with Crippen LogP contribution in [0.1, 0.15) is 24.5 Å². The summed E-state index contributed by atoms with van der Waals surface area (Å²) in [7, 11) is 1.67. The molecule has 0 bridgehead atoms. The molecule has 1 aromatic carbocycles. The average Bonchev–Trinajstić information content (AvgIpc) is 3.07. The lowest BCUT2D eigenvalue weighted by Gasteiger charge is -2.06. The number of nitrogens with one attached hydrogen (secondary N) is 1. The van der Waals surface area contributed by atoms with Crippen LogP contribution in [-0.2, 0) is 0 Å². The molecule has 1 fully saturated rings. The van der Waals surface area contributed by atoms with Gasteiger partial charge in [0.2, 0.25) is 0 Å². The molecule has 0 atom stereocenters. The molecule has 106 valence electrons. The van der Waals surface area contributed by atoms with Crippen LogP contribution in [0.4, 0.5) is 0 Å². The lowest BCUT2D eigenvalue weighted by atomic mass is 10.1. The highest BCUT2D eigenvalue weighted by Crippen LogP contribution is 2.39. The maximum atomic E-state index is 5.29. The molecule has 1 aliphatic carbocycles. The lowest BCUT2D eigenvalue weighted by molar-refractivity contribution is 0.415. The normalized spacial score (nSPS) is 14.3. The van der Waals surface area contributed by atoms with Crippen LogP contribution in [0.2, 0.25) is 0 Å². The molecular formula is C16H16N4O. The van der Waals surface area contributed by atoms with Gasteiger partial charge in [-0.3, -0.25) is 5.10 Å². The molecule has 0 saturated heterocycles. The van der Waals surface area contributed by atoms with Crippen LogP contribution in [0.15, 0.2) is 42.6 Å². The molecular weight excluding hydrogens is 264 g/mol. The second-order valence-electron chi connectivity index (χ2n) is 5.32. The predicted molar refractivity (Wildman–Crippen MR) is 79.7 cm³/mol. The monoisotopic (exact) mass is 280 g/mol. The van der Waals surface area contributed by atoms with E-state index in [0.29, 0.717) is 5.92 Å². The van der Waals surface area contributed by atoms with Crippen molar-refractivity contribution in [1.29, 1.82) is 0 Å². The molecule has 21 heavy (non-hydrogen) atoms. The van der Waals surface area contributed by atoms with E-state index in [-0.39, 0.29) is 0 Å². The van der Waals surface area contributed by atoms with Crippen LogP contribution >= 0.6 is 0 Å². The van der Waals surface area contributed by atoms with Gasteiger partial charge >= 0.3 is 0 Å². The number of aromatic amines is 1. The first-order valence-corrected chi connectivity index (χ1v) is 7.09. The van der Waals surface area contributed by atoms with Gasteiger partial charge in [0, 0.05) is 23.2 Å². The number of nitrogens with zero attached hydrogens (tertiary/aromatic N) is 3. The van der Waals surface area contributed by atoms with Crippen LogP contribution in [0.25, 0.3) is 17.1 Å². The Morgan fingerprint density at radius 1 is 1.24 bits per heavy atom. The standard InChI is InChI=1S/C16H16N4O/c1-21-13-4-2-3-12(9-13)15-7-8-17-20(15)16-10-14(18-19-16)11-5-6-11/h2-4,7-11H,5-6H2,1H3,(H,18,19). The molecule has 4 rings (SSSR count). The highest BCUT2D eigenvalue weighted by atomic mass is 16.5. The fourth-order valence-electron chi connectivity index (χ4n) is 2.52. The van der Waals surface area contributed by atoms with Crippen molar-refractivity contribution in [3.8, 4) is 22.8 Å². The van der Waals surface area contributed by atoms with Crippen molar-refractivity contribution in [2.45, 2.75) is 18.8 Å². The molecule has 0 radical (unpaired) electrons. The maximum absolute atomic E-state index is 5.29. The van der Waals surface area contributed by atoms with Gasteiger partial charge in [0.25, 0.3) is 0 Å². The van der Waals surface area contributed by atoms with Gasteiger partial charge in [-0.05, 0) is 31.0 Å². The minimum absolute atomic E-state index is 0.655. The van der Waals surface area contributed by atoms with Gasteiger partial charge < -0.3 is 4.74 Å². The highest BCUT2D eigenvalue weighted by molar-refractivity contribution is 5.63. The minimum Gasteiger partial charge on any atom is -0.497 e. The second kappa shape index (κ2) is 4.77. The quantitative estimate of drug-likeness (QED) is 0.798. The summed E-state index contributed by atoms with van der Waals surface area (Å²) in [6.45, 7) is 0. The number of hydrogen-bond donors (Lipinski definition) is 1. The van der Waals surface area contributed by atoms with E-state index < -0.39 is 0 Å². The van der Waals surface area contributed by atoms with Crippen molar-refractivity contribution in [1.82, 2.24) is 20.0 Å². The van der Waals surface area contributed by atoms with E-state index in [0.717, 1.165) is 22.8 Å². The van der Waals surface area contributed by atoms with Crippen LogP contribution in [0, 0.1) is 0 Å². The number of ether oxygens (including phenoxy) is 1. The number of rotatable bonds is 4. The van der Waals surface area contributed by atoms with Crippen LogP contribution in [0.5, 0.6) is 5.75 Å². The van der Waals surface area contributed by atoms with Gasteiger partial charge in [-0.25, -0.2) is 4.68 Å². The van der Waals surface area contributed by atoms with Crippen LogP contribution in [0.3, 0.4) is 0 Å². The van der Waals surface area contributed by atoms with E-state index in [1.54, 1.807) is 13.3 Å². The van der Waals surface area contributed by atoms with E-state index in [9.17, 15) is 0 Å².